The summed E-state index contributed by atoms with van der Waals surface area (Å²) in [5.41, 5.74) is 3.50. The fraction of sp³-hybridized carbons (Fsp3) is 0.0500. The van der Waals surface area contributed by atoms with Crippen molar-refractivity contribution < 1.29 is 4.79 Å². The number of carbonyl (C=O) groups is 1. The predicted molar refractivity (Wildman–Crippen MR) is 107 cm³/mol. The van der Waals surface area contributed by atoms with Gasteiger partial charge in [0.15, 0.2) is 0 Å². The SMILES string of the molecule is C=CC(=O)Nc1cc(-c2cnc3[nH]cc(-c4ccncn4)c3c2)cc(=O)n1C. The van der Waals surface area contributed by atoms with E-state index in [4.69, 9.17) is 0 Å². The van der Waals surface area contributed by atoms with Gasteiger partial charge in [-0.25, -0.2) is 15.0 Å². The van der Waals surface area contributed by atoms with Gasteiger partial charge in [0.25, 0.3) is 5.56 Å². The molecule has 0 unspecified atom stereocenters. The van der Waals surface area contributed by atoms with Crippen LogP contribution < -0.4 is 10.9 Å². The summed E-state index contributed by atoms with van der Waals surface area (Å²) in [5.74, 6) is -0.0185. The number of hydrogen-bond acceptors (Lipinski definition) is 5. The zero-order chi connectivity index (χ0) is 19.7. The summed E-state index contributed by atoms with van der Waals surface area (Å²) in [4.78, 5) is 39.8. The molecule has 1 amide bonds. The molecule has 0 saturated heterocycles. The smallest absolute Gasteiger partial charge is 0.252 e. The minimum Gasteiger partial charge on any atom is -0.345 e. The van der Waals surface area contributed by atoms with Crippen LogP contribution in [0.15, 0.2) is 66.6 Å². The minimum absolute atomic E-state index is 0.248. The van der Waals surface area contributed by atoms with Crippen molar-refractivity contribution in [3.8, 4) is 22.4 Å². The van der Waals surface area contributed by atoms with Gasteiger partial charge in [-0.1, -0.05) is 6.58 Å². The first kappa shape index (κ1) is 17.3. The second-order valence-corrected chi connectivity index (χ2v) is 6.14. The van der Waals surface area contributed by atoms with Gasteiger partial charge in [-0.3, -0.25) is 14.2 Å². The Morgan fingerprint density at radius 2 is 2.11 bits per heavy atom. The third-order valence-electron chi connectivity index (χ3n) is 4.42. The molecule has 2 N–H and O–H groups in total. The Balaban J connectivity index is 1.85. The van der Waals surface area contributed by atoms with Crippen LogP contribution in [-0.4, -0.2) is 30.4 Å². The lowest BCUT2D eigenvalue weighted by atomic mass is 10.1. The van der Waals surface area contributed by atoms with Gasteiger partial charge in [-0.15, -0.1) is 0 Å². The number of hydrogen-bond donors (Lipinski definition) is 2. The molecule has 0 aliphatic heterocycles. The summed E-state index contributed by atoms with van der Waals surface area (Å²) in [6, 6.07) is 6.98. The van der Waals surface area contributed by atoms with Gasteiger partial charge >= 0.3 is 0 Å². The number of carbonyl (C=O) groups excluding carboxylic acids is 1. The molecule has 0 fully saturated rings. The van der Waals surface area contributed by atoms with Crippen molar-refractivity contribution in [3.63, 3.8) is 0 Å². The van der Waals surface area contributed by atoms with Crippen molar-refractivity contribution in [2.45, 2.75) is 0 Å². The first-order valence-electron chi connectivity index (χ1n) is 8.45. The zero-order valence-electron chi connectivity index (χ0n) is 15.0. The van der Waals surface area contributed by atoms with Crippen LogP contribution in [0.2, 0.25) is 0 Å². The molecule has 4 aromatic heterocycles. The van der Waals surface area contributed by atoms with Crippen LogP contribution in [0.4, 0.5) is 5.82 Å². The van der Waals surface area contributed by atoms with E-state index in [1.807, 2.05) is 18.3 Å². The number of aromatic amines is 1. The molecule has 4 rings (SSSR count). The molecule has 138 valence electrons. The number of anilines is 1. The highest BCUT2D eigenvalue weighted by Gasteiger charge is 2.12. The maximum atomic E-state index is 12.3. The Morgan fingerprint density at radius 3 is 2.86 bits per heavy atom. The lowest BCUT2D eigenvalue weighted by molar-refractivity contribution is -0.111. The van der Waals surface area contributed by atoms with E-state index in [0.717, 1.165) is 28.3 Å². The largest absolute Gasteiger partial charge is 0.345 e. The maximum Gasteiger partial charge on any atom is 0.252 e. The second kappa shape index (κ2) is 6.92. The Bertz CT molecular complexity index is 1260. The molecule has 4 heterocycles. The molecular weight excluding hydrogens is 356 g/mol. The number of nitrogens with zero attached hydrogens (tertiary/aromatic N) is 4. The van der Waals surface area contributed by atoms with Crippen LogP contribution in [0, 0.1) is 0 Å². The van der Waals surface area contributed by atoms with E-state index < -0.39 is 5.91 Å². The van der Waals surface area contributed by atoms with Gasteiger partial charge in [0, 0.05) is 48.2 Å². The minimum atomic E-state index is -0.391. The van der Waals surface area contributed by atoms with Crippen molar-refractivity contribution in [2.75, 3.05) is 5.32 Å². The second-order valence-electron chi connectivity index (χ2n) is 6.14. The number of pyridine rings is 2. The number of fused-ring (bicyclic) bond motifs is 1. The topological polar surface area (TPSA) is 106 Å². The Morgan fingerprint density at radius 1 is 1.25 bits per heavy atom. The van der Waals surface area contributed by atoms with Crippen LogP contribution in [0.5, 0.6) is 0 Å². The Hall–Kier alpha value is -4.07. The fourth-order valence-corrected chi connectivity index (χ4v) is 2.92. The van der Waals surface area contributed by atoms with E-state index >= 15 is 0 Å². The van der Waals surface area contributed by atoms with Crippen molar-refractivity contribution in [2.24, 2.45) is 7.05 Å². The molecule has 0 aliphatic rings. The molecule has 4 aromatic rings. The standard InChI is InChI=1S/C20H16N6O2/c1-3-18(27)25-17-7-12(8-19(28)26(17)2)13-6-14-15(10-23-20(14)22-9-13)16-4-5-21-11-24-16/h3-11H,1H2,2H3,(H,22,23)(H,25,27). The van der Waals surface area contributed by atoms with Crippen LogP contribution in [0.1, 0.15) is 0 Å². The summed E-state index contributed by atoms with van der Waals surface area (Å²) in [6.07, 6.45) is 7.83. The van der Waals surface area contributed by atoms with E-state index in [9.17, 15) is 9.59 Å². The molecule has 0 atom stereocenters. The summed E-state index contributed by atoms with van der Waals surface area (Å²) in [7, 11) is 1.59. The monoisotopic (exact) mass is 372 g/mol. The Labute approximate surface area is 159 Å². The van der Waals surface area contributed by atoms with E-state index in [1.54, 1.807) is 25.5 Å². The quantitative estimate of drug-likeness (QED) is 0.536. The van der Waals surface area contributed by atoms with Gasteiger partial charge < -0.3 is 10.3 Å². The lowest BCUT2D eigenvalue weighted by Gasteiger charge is -2.11. The van der Waals surface area contributed by atoms with Crippen LogP contribution in [0.25, 0.3) is 33.4 Å². The van der Waals surface area contributed by atoms with Crippen molar-refractivity contribution in [3.05, 3.63) is 72.2 Å². The van der Waals surface area contributed by atoms with E-state index in [-0.39, 0.29) is 5.56 Å². The van der Waals surface area contributed by atoms with Gasteiger partial charge in [0.05, 0.1) is 5.69 Å². The Kier molecular flexibility index (Phi) is 4.29. The highest BCUT2D eigenvalue weighted by Crippen LogP contribution is 2.30. The first-order chi connectivity index (χ1) is 13.6. The number of rotatable bonds is 4. The summed E-state index contributed by atoms with van der Waals surface area (Å²) in [5, 5.41) is 3.51. The zero-order valence-corrected chi connectivity index (χ0v) is 15.0. The van der Waals surface area contributed by atoms with Gasteiger partial charge in [0.2, 0.25) is 5.91 Å². The predicted octanol–water partition coefficient (Wildman–Crippen LogP) is 2.51. The molecule has 0 aromatic carbocycles. The van der Waals surface area contributed by atoms with Gasteiger partial charge in [-0.05, 0) is 29.8 Å². The number of nitrogens with one attached hydrogen (secondary N) is 2. The summed E-state index contributed by atoms with van der Waals surface area (Å²) in [6.45, 7) is 3.43. The average Bonchev–Trinajstić information content (AvgIpc) is 3.15. The lowest BCUT2D eigenvalue weighted by Crippen LogP contribution is -2.22. The molecule has 8 nitrogen and oxygen atoms in total. The molecule has 8 heteroatoms. The number of aromatic nitrogens is 5. The molecular formula is C20H16N6O2. The third kappa shape index (κ3) is 3.07. The van der Waals surface area contributed by atoms with E-state index in [2.05, 4.69) is 31.8 Å². The maximum absolute atomic E-state index is 12.3. The highest BCUT2D eigenvalue weighted by molar-refractivity contribution is 5.99. The third-order valence-corrected chi connectivity index (χ3v) is 4.42. The number of amides is 1. The summed E-state index contributed by atoms with van der Waals surface area (Å²) >= 11 is 0. The van der Waals surface area contributed by atoms with Crippen LogP contribution in [-0.2, 0) is 11.8 Å². The average molecular weight is 372 g/mol. The van der Waals surface area contributed by atoms with Crippen molar-refractivity contribution >= 4 is 22.8 Å². The van der Waals surface area contributed by atoms with Crippen LogP contribution >= 0.6 is 0 Å². The molecule has 0 aliphatic carbocycles. The fourth-order valence-electron chi connectivity index (χ4n) is 2.92. The highest BCUT2D eigenvalue weighted by atomic mass is 16.2. The first-order valence-corrected chi connectivity index (χ1v) is 8.45. The summed E-state index contributed by atoms with van der Waals surface area (Å²) < 4.78 is 1.36. The van der Waals surface area contributed by atoms with E-state index in [0.29, 0.717) is 17.0 Å². The van der Waals surface area contributed by atoms with Gasteiger partial charge in [0.1, 0.15) is 17.8 Å². The van der Waals surface area contributed by atoms with Gasteiger partial charge in [-0.2, -0.15) is 0 Å². The molecule has 0 spiro atoms. The molecule has 0 bridgehead atoms. The molecule has 0 saturated carbocycles. The van der Waals surface area contributed by atoms with Crippen LogP contribution in [0.3, 0.4) is 0 Å². The van der Waals surface area contributed by atoms with E-state index in [1.165, 1.54) is 17.0 Å². The number of H-pyrrole nitrogens is 1. The van der Waals surface area contributed by atoms with Crippen molar-refractivity contribution in [1.82, 2.24) is 24.5 Å². The van der Waals surface area contributed by atoms with Crippen molar-refractivity contribution in [1.29, 1.82) is 0 Å². The molecule has 28 heavy (non-hydrogen) atoms. The molecule has 0 radical (unpaired) electrons. The normalized spacial score (nSPS) is 10.8.